The van der Waals surface area contributed by atoms with Gasteiger partial charge in [0.25, 0.3) is 5.69 Å². The van der Waals surface area contributed by atoms with Crippen LogP contribution in [0.15, 0.2) is 18.2 Å². The fourth-order valence-electron chi connectivity index (χ4n) is 2.69. The van der Waals surface area contributed by atoms with E-state index in [4.69, 9.17) is 5.73 Å². The van der Waals surface area contributed by atoms with E-state index in [1.807, 2.05) is 11.8 Å². The van der Waals surface area contributed by atoms with Crippen LogP contribution in [0, 0.1) is 15.9 Å². The zero-order valence-electron chi connectivity index (χ0n) is 10.9. The molecule has 0 amide bonds. The number of piperidine rings is 1. The third kappa shape index (κ3) is 2.84. The smallest absolute Gasteiger partial charge is 0.295 e. The highest BCUT2D eigenvalue weighted by Gasteiger charge is 2.30. The molecule has 2 unspecified atom stereocenters. The second-order valence-corrected chi connectivity index (χ2v) is 5.01. The van der Waals surface area contributed by atoms with Crippen LogP contribution in [0.4, 0.5) is 15.8 Å². The van der Waals surface area contributed by atoms with E-state index in [1.54, 1.807) is 0 Å². The van der Waals surface area contributed by atoms with Gasteiger partial charge in [-0.25, -0.2) is 4.39 Å². The summed E-state index contributed by atoms with van der Waals surface area (Å²) >= 11 is 0. The van der Waals surface area contributed by atoms with Crippen molar-refractivity contribution in [1.82, 2.24) is 0 Å². The van der Waals surface area contributed by atoms with Gasteiger partial charge in [-0.15, -0.1) is 0 Å². The molecule has 0 aliphatic carbocycles. The molecule has 1 heterocycles. The first kappa shape index (κ1) is 13.7. The number of anilines is 1. The van der Waals surface area contributed by atoms with Crippen LogP contribution >= 0.6 is 0 Å². The van der Waals surface area contributed by atoms with Gasteiger partial charge in [-0.2, -0.15) is 0 Å². The highest BCUT2D eigenvalue weighted by atomic mass is 19.1. The van der Waals surface area contributed by atoms with Crippen molar-refractivity contribution in [3.8, 4) is 0 Å². The van der Waals surface area contributed by atoms with Crippen molar-refractivity contribution in [2.24, 2.45) is 5.73 Å². The number of nitrogens with two attached hydrogens (primary N) is 1. The Kier molecular flexibility index (Phi) is 3.99. The Bertz CT molecular complexity index is 479. The fraction of sp³-hybridized carbons (Fsp3) is 0.538. The van der Waals surface area contributed by atoms with Crippen LogP contribution in [-0.2, 0) is 0 Å². The van der Waals surface area contributed by atoms with Crippen molar-refractivity contribution in [2.45, 2.75) is 38.3 Å². The van der Waals surface area contributed by atoms with Gasteiger partial charge in [0, 0.05) is 18.6 Å². The van der Waals surface area contributed by atoms with Crippen molar-refractivity contribution < 1.29 is 9.31 Å². The molecule has 19 heavy (non-hydrogen) atoms. The standard InChI is InChI=1S/C13H18FN3O2/c1-9(15)11-4-2-3-7-16(11)12-6-5-10(14)8-13(12)17(18)19/h5-6,8-9,11H,2-4,7,15H2,1H3. The maximum atomic E-state index is 13.2. The normalized spacial score (nSPS) is 21.2. The fourth-order valence-corrected chi connectivity index (χ4v) is 2.69. The van der Waals surface area contributed by atoms with Gasteiger partial charge in [0.05, 0.1) is 11.0 Å². The molecule has 1 fully saturated rings. The van der Waals surface area contributed by atoms with Gasteiger partial charge in [-0.3, -0.25) is 10.1 Å². The van der Waals surface area contributed by atoms with Gasteiger partial charge in [0.2, 0.25) is 0 Å². The van der Waals surface area contributed by atoms with Gasteiger partial charge in [0.1, 0.15) is 11.5 Å². The molecule has 6 heteroatoms. The Morgan fingerprint density at radius 1 is 1.53 bits per heavy atom. The van der Waals surface area contributed by atoms with Crippen molar-refractivity contribution in [1.29, 1.82) is 0 Å². The van der Waals surface area contributed by atoms with Crippen LogP contribution in [-0.4, -0.2) is 23.6 Å². The summed E-state index contributed by atoms with van der Waals surface area (Å²) in [5, 5.41) is 11.1. The first-order valence-corrected chi connectivity index (χ1v) is 6.47. The minimum Gasteiger partial charge on any atom is -0.361 e. The third-order valence-corrected chi connectivity index (χ3v) is 3.60. The third-order valence-electron chi connectivity index (χ3n) is 3.60. The highest BCUT2D eigenvalue weighted by molar-refractivity contribution is 5.64. The summed E-state index contributed by atoms with van der Waals surface area (Å²) in [6.45, 7) is 2.62. The maximum Gasteiger partial charge on any atom is 0.295 e. The summed E-state index contributed by atoms with van der Waals surface area (Å²) < 4.78 is 13.2. The number of halogens is 1. The number of hydrogen-bond acceptors (Lipinski definition) is 4. The van der Waals surface area contributed by atoms with E-state index in [0.717, 1.165) is 31.9 Å². The zero-order valence-corrected chi connectivity index (χ0v) is 10.9. The number of hydrogen-bond donors (Lipinski definition) is 1. The monoisotopic (exact) mass is 267 g/mol. The van der Waals surface area contributed by atoms with Crippen LogP contribution in [0.5, 0.6) is 0 Å². The van der Waals surface area contributed by atoms with E-state index in [0.29, 0.717) is 5.69 Å². The zero-order chi connectivity index (χ0) is 14.0. The van der Waals surface area contributed by atoms with Crippen LogP contribution < -0.4 is 10.6 Å². The van der Waals surface area contributed by atoms with Gasteiger partial charge in [-0.05, 0) is 38.3 Å². The Labute approximate surface area is 111 Å². The van der Waals surface area contributed by atoms with E-state index in [2.05, 4.69) is 0 Å². The van der Waals surface area contributed by atoms with E-state index in [9.17, 15) is 14.5 Å². The largest absolute Gasteiger partial charge is 0.361 e. The second-order valence-electron chi connectivity index (χ2n) is 5.01. The van der Waals surface area contributed by atoms with Crippen LogP contribution in [0.3, 0.4) is 0 Å². The van der Waals surface area contributed by atoms with Crippen molar-refractivity contribution in [2.75, 3.05) is 11.4 Å². The molecular weight excluding hydrogens is 249 g/mol. The van der Waals surface area contributed by atoms with Gasteiger partial charge in [-0.1, -0.05) is 0 Å². The number of nitro benzene ring substituents is 1. The van der Waals surface area contributed by atoms with E-state index in [1.165, 1.54) is 12.1 Å². The molecular formula is C13H18FN3O2. The predicted octanol–water partition coefficient (Wildman–Crippen LogP) is 2.44. The molecule has 0 aromatic heterocycles. The predicted molar refractivity (Wildman–Crippen MR) is 71.7 cm³/mol. The molecule has 5 nitrogen and oxygen atoms in total. The maximum absolute atomic E-state index is 13.2. The molecule has 2 atom stereocenters. The van der Waals surface area contributed by atoms with Gasteiger partial charge < -0.3 is 10.6 Å². The Morgan fingerprint density at radius 3 is 2.89 bits per heavy atom. The topological polar surface area (TPSA) is 72.4 Å². The van der Waals surface area contributed by atoms with E-state index >= 15 is 0 Å². The Hall–Kier alpha value is -1.69. The molecule has 0 saturated carbocycles. The lowest BCUT2D eigenvalue weighted by Gasteiger charge is -2.39. The number of rotatable bonds is 3. The molecule has 0 radical (unpaired) electrons. The molecule has 1 aliphatic rings. The van der Waals surface area contributed by atoms with Crippen molar-refractivity contribution in [3.63, 3.8) is 0 Å². The van der Waals surface area contributed by atoms with Crippen LogP contribution in [0.2, 0.25) is 0 Å². The highest BCUT2D eigenvalue weighted by Crippen LogP contribution is 2.34. The first-order valence-electron chi connectivity index (χ1n) is 6.47. The number of benzene rings is 1. The molecule has 0 spiro atoms. The minimum absolute atomic E-state index is 0.0675. The van der Waals surface area contributed by atoms with Gasteiger partial charge >= 0.3 is 0 Å². The number of nitrogens with zero attached hydrogens (tertiary/aromatic N) is 2. The van der Waals surface area contributed by atoms with E-state index in [-0.39, 0.29) is 17.8 Å². The van der Waals surface area contributed by atoms with Gasteiger partial charge in [0.15, 0.2) is 0 Å². The van der Waals surface area contributed by atoms with Crippen molar-refractivity contribution >= 4 is 11.4 Å². The lowest BCUT2D eigenvalue weighted by atomic mass is 9.96. The molecule has 1 aromatic carbocycles. The Balaban J connectivity index is 2.41. The molecule has 104 valence electrons. The van der Waals surface area contributed by atoms with Crippen molar-refractivity contribution in [3.05, 3.63) is 34.1 Å². The average molecular weight is 267 g/mol. The van der Waals surface area contributed by atoms with Crippen LogP contribution in [0.1, 0.15) is 26.2 Å². The summed E-state index contributed by atoms with van der Waals surface area (Å²) in [7, 11) is 0. The number of nitro groups is 1. The SMILES string of the molecule is CC(N)C1CCCCN1c1ccc(F)cc1[N+](=O)[O-]. The summed E-state index contributed by atoms with van der Waals surface area (Å²) in [5.41, 5.74) is 6.24. The minimum atomic E-state index is -0.593. The molecule has 1 saturated heterocycles. The first-order chi connectivity index (χ1) is 9.00. The molecule has 0 bridgehead atoms. The Morgan fingerprint density at radius 2 is 2.26 bits per heavy atom. The summed E-state index contributed by atoms with van der Waals surface area (Å²) in [6, 6.07) is 3.70. The quantitative estimate of drug-likeness (QED) is 0.674. The molecule has 1 aromatic rings. The summed E-state index contributed by atoms with van der Waals surface area (Å²) in [4.78, 5) is 12.5. The van der Waals surface area contributed by atoms with Crippen LogP contribution in [0.25, 0.3) is 0 Å². The molecule has 1 aliphatic heterocycles. The summed E-state index contributed by atoms with van der Waals surface area (Å²) in [6.07, 6.45) is 2.95. The lowest BCUT2D eigenvalue weighted by Crippen LogP contribution is -2.49. The second kappa shape index (κ2) is 5.52. The average Bonchev–Trinajstić information content (AvgIpc) is 2.38. The lowest BCUT2D eigenvalue weighted by molar-refractivity contribution is -0.384. The summed E-state index contributed by atoms with van der Waals surface area (Å²) in [5.74, 6) is -0.593. The molecule has 2 N–H and O–H groups in total. The molecule has 2 rings (SSSR count). The van der Waals surface area contributed by atoms with E-state index < -0.39 is 10.7 Å².